The Morgan fingerprint density at radius 3 is 2.70 bits per heavy atom. The van der Waals surface area contributed by atoms with Gasteiger partial charge < -0.3 is 25.0 Å². The van der Waals surface area contributed by atoms with Gasteiger partial charge in [0.25, 0.3) is 0 Å². The molecule has 2 aromatic heterocycles. The maximum absolute atomic E-state index is 12.9. The van der Waals surface area contributed by atoms with E-state index in [0.29, 0.717) is 69.2 Å². The molecule has 0 atom stereocenters. The highest BCUT2D eigenvalue weighted by Gasteiger charge is 2.26. The number of nitrogens with one attached hydrogen (secondary N) is 2. The molecule has 0 bridgehead atoms. The Bertz CT molecular complexity index is 1700. The summed E-state index contributed by atoms with van der Waals surface area (Å²) in [7, 11) is 4.15. The molecule has 0 saturated carbocycles. The van der Waals surface area contributed by atoms with Crippen LogP contribution in [0.25, 0.3) is 10.9 Å². The van der Waals surface area contributed by atoms with Gasteiger partial charge >= 0.3 is 0 Å². The average molecular weight is 612 g/mol. The highest BCUT2D eigenvalue weighted by molar-refractivity contribution is 6.32. The SMILES string of the molecule is CCOc1cc2ncc(C#N)c(Nc3ccc(OCc4ccccn4)c(Cl)c3)c2cc1NC(=O)C=CCN1CC(N(C)C)C1. The van der Waals surface area contributed by atoms with E-state index in [1.807, 2.05) is 37.3 Å². The minimum Gasteiger partial charge on any atom is -0.492 e. The van der Waals surface area contributed by atoms with Crippen molar-refractivity contribution in [3.05, 3.63) is 89.4 Å². The van der Waals surface area contributed by atoms with Gasteiger partial charge in [0.05, 0.1) is 39.8 Å². The minimum atomic E-state index is -0.276. The standard InChI is InChI=1S/C33H34ClN7O3/c1-4-43-31-16-28-26(15-29(31)39-32(42)9-7-13-41-19-25(20-41)40(2)3)33(22(17-35)18-37-28)38-23-10-11-30(27(34)14-23)44-21-24-8-5-6-12-36-24/h5-12,14-16,18,25H,4,13,19-21H2,1-3H3,(H,37,38)(H,39,42). The van der Waals surface area contributed by atoms with E-state index in [1.165, 1.54) is 12.3 Å². The number of carbonyl (C=O) groups excluding carboxylic acids is 1. The number of rotatable bonds is 12. The van der Waals surface area contributed by atoms with Gasteiger partial charge in [-0.2, -0.15) is 5.26 Å². The van der Waals surface area contributed by atoms with E-state index in [0.717, 1.165) is 18.8 Å². The highest BCUT2D eigenvalue weighted by Crippen LogP contribution is 2.37. The van der Waals surface area contributed by atoms with Crippen LogP contribution in [-0.2, 0) is 11.4 Å². The molecule has 1 amide bonds. The summed E-state index contributed by atoms with van der Waals surface area (Å²) >= 11 is 6.55. The smallest absolute Gasteiger partial charge is 0.248 e. The summed E-state index contributed by atoms with van der Waals surface area (Å²) in [5, 5.41) is 17.2. The molecule has 2 N–H and O–H groups in total. The number of aromatic nitrogens is 2. The monoisotopic (exact) mass is 611 g/mol. The topological polar surface area (TPSA) is 116 Å². The van der Waals surface area contributed by atoms with E-state index in [1.54, 1.807) is 30.5 Å². The van der Waals surface area contributed by atoms with Crippen molar-refractivity contribution in [1.82, 2.24) is 19.8 Å². The van der Waals surface area contributed by atoms with Gasteiger partial charge in [0, 0.05) is 61.3 Å². The number of nitrogens with zero attached hydrogens (tertiary/aromatic N) is 5. The zero-order valence-corrected chi connectivity index (χ0v) is 25.6. The fraction of sp³-hybridized carbons (Fsp3) is 0.273. The van der Waals surface area contributed by atoms with Crippen LogP contribution in [0, 0.1) is 11.3 Å². The van der Waals surface area contributed by atoms with E-state index in [2.05, 4.69) is 50.6 Å². The summed E-state index contributed by atoms with van der Waals surface area (Å²) in [6.07, 6.45) is 6.60. The number of fused-ring (bicyclic) bond motifs is 1. The van der Waals surface area contributed by atoms with Gasteiger partial charge in [0.1, 0.15) is 24.2 Å². The Labute approximate surface area is 261 Å². The number of halogens is 1. The second-order valence-electron chi connectivity index (χ2n) is 10.6. The lowest BCUT2D eigenvalue weighted by atomic mass is 10.1. The van der Waals surface area contributed by atoms with Gasteiger partial charge in [-0.15, -0.1) is 0 Å². The lowest BCUT2D eigenvalue weighted by Crippen LogP contribution is -2.57. The molecule has 10 nitrogen and oxygen atoms in total. The zero-order chi connectivity index (χ0) is 31.1. The molecule has 0 unspecified atom stereocenters. The Kier molecular flexibility index (Phi) is 9.92. The zero-order valence-electron chi connectivity index (χ0n) is 24.9. The predicted octanol–water partition coefficient (Wildman–Crippen LogP) is 5.62. The van der Waals surface area contributed by atoms with Crippen molar-refractivity contribution < 1.29 is 14.3 Å². The van der Waals surface area contributed by atoms with Crippen molar-refractivity contribution >= 4 is 45.5 Å². The van der Waals surface area contributed by atoms with Crippen molar-refractivity contribution in [3.8, 4) is 17.6 Å². The van der Waals surface area contributed by atoms with Crippen LogP contribution in [0.15, 0.2) is 73.1 Å². The highest BCUT2D eigenvalue weighted by atomic mass is 35.5. The third-order valence-corrected chi connectivity index (χ3v) is 7.55. The Morgan fingerprint density at radius 1 is 1.16 bits per heavy atom. The predicted molar refractivity (Wildman–Crippen MR) is 173 cm³/mol. The van der Waals surface area contributed by atoms with E-state index in [4.69, 9.17) is 21.1 Å². The molecule has 1 aliphatic rings. The normalized spacial score (nSPS) is 13.5. The molecular formula is C33H34ClN7O3. The first-order chi connectivity index (χ1) is 21.3. The number of nitriles is 1. The van der Waals surface area contributed by atoms with Crippen LogP contribution in [-0.4, -0.2) is 72.1 Å². The Morgan fingerprint density at radius 2 is 2.00 bits per heavy atom. The van der Waals surface area contributed by atoms with Crippen LogP contribution >= 0.6 is 11.6 Å². The third kappa shape index (κ3) is 7.44. The molecule has 5 rings (SSSR count). The summed E-state index contributed by atoms with van der Waals surface area (Å²) in [6, 6.07) is 17.2. The number of ether oxygens (including phenoxy) is 2. The fourth-order valence-corrected chi connectivity index (χ4v) is 5.02. The van der Waals surface area contributed by atoms with Crippen molar-refractivity contribution in [1.29, 1.82) is 5.26 Å². The number of hydrogen-bond donors (Lipinski definition) is 2. The second-order valence-corrected chi connectivity index (χ2v) is 11.0. The first kappa shape index (κ1) is 30.8. The maximum Gasteiger partial charge on any atom is 0.248 e. The van der Waals surface area contributed by atoms with Crippen molar-refractivity contribution in [2.45, 2.75) is 19.6 Å². The molecule has 1 saturated heterocycles. The molecule has 1 aliphatic heterocycles. The quantitative estimate of drug-likeness (QED) is 0.197. The van der Waals surface area contributed by atoms with Crippen LogP contribution in [0.2, 0.25) is 5.02 Å². The lowest BCUT2D eigenvalue weighted by Gasteiger charge is -2.42. The summed E-state index contributed by atoms with van der Waals surface area (Å²) in [4.78, 5) is 26.1. The molecule has 0 radical (unpaired) electrons. The molecule has 3 heterocycles. The first-order valence-corrected chi connectivity index (χ1v) is 14.7. The Balaban J connectivity index is 1.36. The van der Waals surface area contributed by atoms with Crippen molar-refractivity contribution in [2.75, 3.05) is 51.0 Å². The number of pyridine rings is 2. The largest absolute Gasteiger partial charge is 0.492 e. The van der Waals surface area contributed by atoms with Gasteiger partial charge in [-0.1, -0.05) is 23.7 Å². The molecule has 11 heteroatoms. The van der Waals surface area contributed by atoms with Crippen LogP contribution in [0.3, 0.4) is 0 Å². The third-order valence-electron chi connectivity index (χ3n) is 7.25. The summed E-state index contributed by atoms with van der Waals surface area (Å²) in [5.41, 5.74) is 3.36. The number of carbonyl (C=O) groups is 1. The average Bonchev–Trinajstić information content (AvgIpc) is 2.99. The van der Waals surface area contributed by atoms with Crippen molar-refractivity contribution in [2.24, 2.45) is 0 Å². The van der Waals surface area contributed by atoms with Crippen molar-refractivity contribution in [3.63, 3.8) is 0 Å². The molecule has 1 fully saturated rings. The number of hydrogen-bond acceptors (Lipinski definition) is 9. The Hall–Kier alpha value is -4.69. The van der Waals surface area contributed by atoms with Gasteiger partial charge in [0.15, 0.2) is 0 Å². The summed E-state index contributed by atoms with van der Waals surface area (Å²) < 4.78 is 11.7. The maximum atomic E-state index is 12.9. The molecule has 0 aliphatic carbocycles. The van der Waals surface area contributed by atoms with E-state index >= 15 is 0 Å². The van der Waals surface area contributed by atoms with Gasteiger partial charge in [-0.25, -0.2) is 0 Å². The molecule has 0 spiro atoms. The van der Waals surface area contributed by atoms with Gasteiger partial charge in [-0.05, 0) is 57.4 Å². The van der Waals surface area contributed by atoms with Crippen LogP contribution in [0.4, 0.5) is 17.1 Å². The fourth-order valence-electron chi connectivity index (χ4n) is 4.79. The van der Waals surface area contributed by atoms with Gasteiger partial charge in [-0.3, -0.25) is 19.7 Å². The molecule has 2 aromatic carbocycles. The number of amides is 1. The van der Waals surface area contributed by atoms with Gasteiger partial charge in [0.2, 0.25) is 5.91 Å². The first-order valence-electron chi connectivity index (χ1n) is 14.3. The summed E-state index contributed by atoms with van der Waals surface area (Å²) in [6.45, 7) is 5.22. The van der Waals surface area contributed by atoms with E-state index in [9.17, 15) is 10.1 Å². The van der Waals surface area contributed by atoms with Crippen LogP contribution < -0.4 is 20.1 Å². The molecule has 226 valence electrons. The van der Waals surface area contributed by atoms with E-state index < -0.39 is 0 Å². The molecule has 4 aromatic rings. The summed E-state index contributed by atoms with van der Waals surface area (Å²) in [5.74, 6) is 0.717. The number of anilines is 3. The molecular weight excluding hydrogens is 578 g/mol. The van der Waals surface area contributed by atoms with Crippen LogP contribution in [0.1, 0.15) is 18.2 Å². The number of likely N-dealkylation sites (N-methyl/N-ethyl adjacent to an activating group) is 1. The van der Waals surface area contributed by atoms with Crippen LogP contribution in [0.5, 0.6) is 11.5 Å². The minimum absolute atomic E-state index is 0.276. The number of likely N-dealkylation sites (tertiary alicyclic amines) is 1. The second kappa shape index (κ2) is 14.2. The molecule has 44 heavy (non-hydrogen) atoms. The number of benzene rings is 2. The van der Waals surface area contributed by atoms with E-state index in [-0.39, 0.29) is 12.5 Å². The lowest BCUT2D eigenvalue weighted by molar-refractivity contribution is -0.111.